The topological polar surface area (TPSA) is 114 Å². The number of ether oxygens (including phenoxy) is 1. The molecule has 1 heterocycles. The number of nitrogens with one attached hydrogen (secondary N) is 2. The number of hydrogen-bond donors (Lipinski definition) is 3. The molecule has 0 fully saturated rings. The zero-order valence-electron chi connectivity index (χ0n) is 14.5. The molecular weight excluding hydrogens is 366 g/mol. The van der Waals surface area contributed by atoms with Gasteiger partial charge in [0.1, 0.15) is 11.6 Å². The lowest BCUT2D eigenvalue weighted by atomic mass is 10.2. The molecule has 3 aromatic rings. The van der Waals surface area contributed by atoms with Crippen LogP contribution in [0.25, 0.3) is 0 Å². The molecule has 1 amide bonds. The monoisotopic (exact) mass is 383 g/mol. The van der Waals surface area contributed by atoms with Crippen molar-refractivity contribution in [1.82, 2.24) is 9.97 Å². The number of nitrogen functional groups attached to an aromatic ring is 1. The summed E-state index contributed by atoms with van der Waals surface area (Å²) in [4.78, 5) is 20.7. The quantitative estimate of drug-likeness (QED) is 0.460. The van der Waals surface area contributed by atoms with E-state index in [2.05, 4.69) is 15.3 Å². The Morgan fingerprint density at radius 2 is 1.70 bits per heavy atom. The summed E-state index contributed by atoms with van der Waals surface area (Å²) in [5.74, 6) is 0.687. The van der Waals surface area contributed by atoms with Gasteiger partial charge in [-0.15, -0.1) is 12.4 Å². The molecule has 3 rings (SSSR count). The van der Waals surface area contributed by atoms with Crippen molar-refractivity contribution in [1.29, 1.82) is 5.41 Å². The molecule has 1 aromatic heterocycles. The van der Waals surface area contributed by atoms with Gasteiger partial charge in [0.15, 0.2) is 0 Å². The number of rotatable bonds is 5. The summed E-state index contributed by atoms with van der Waals surface area (Å²) in [5.41, 5.74) is 7.20. The molecule has 0 saturated heterocycles. The van der Waals surface area contributed by atoms with Crippen LogP contribution in [0.5, 0.6) is 11.6 Å². The summed E-state index contributed by atoms with van der Waals surface area (Å²) >= 11 is 0. The molecule has 0 atom stereocenters. The van der Waals surface area contributed by atoms with Crippen molar-refractivity contribution in [3.05, 3.63) is 77.5 Å². The third kappa shape index (κ3) is 5.26. The van der Waals surface area contributed by atoms with Gasteiger partial charge in [0, 0.05) is 22.9 Å². The number of anilines is 1. The van der Waals surface area contributed by atoms with Crippen LogP contribution in [0.1, 0.15) is 21.6 Å². The standard InChI is InChI=1S/C19H17N5O2.ClH/c1-12-11-16(26-15-9-7-13(8-10-15)17(20)21)23-19(22-12)24-18(25)14-5-3-2-4-6-14;/h2-11H,1H3,(H3,20,21)(H,22,23,24,25);1H. The van der Waals surface area contributed by atoms with E-state index in [0.717, 1.165) is 0 Å². The highest BCUT2D eigenvalue weighted by molar-refractivity contribution is 6.03. The molecule has 7 nitrogen and oxygen atoms in total. The minimum atomic E-state index is -0.298. The Labute approximate surface area is 162 Å². The number of benzene rings is 2. The molecule has 27 heavy (non-hydrogen) atoms. The van der Waals surface area contributed by atoms with E-state index < -0.39 is 0 Å². The molecule has 0 radical (unpaired) electrons. The minimum Gasteiger partial charge on any atom is -0.439 e. The van der Waals surface area contributed by atoms with Crippen LogP contribution < -0.4 is 15.8 Å². The van der Waals surface area contributed by atoms with Crippen molar-refractivity contribution in [2.75, 3.05) is 5.32 Å². The average Bonchev–Trinajstić information content (AvgIpc) is 2.62. The lowest BCUT2D eigenvalue weighted by molar-refractivity contribution is 0.102. The zero-order valence-corrected chi connectivity index (χ0v) is 15.3. The van der Waals surface area contributed by atoms with E-state index in [1.807, 2.05) is 6.07 Å². The van der Waals surface area contributed by atoms with Crippen molar-refractivity contribution in [3.8, 4) is 11.6 Å². The SMILES string of the molecule is Cc1cc(Oc2ccc(C(=N)N)cc2)nc(NC(=O)c2ccccc2)n1.Cl. The number of aryl methyl sites for hydroxylation is 1. The third-order valence-corrected chi connectivity index (χ3v) is 3.48. The van der Waals surface area contributed by atoms with Gasteiger partial charge in [0.05, 0.1) is 0 Å². The Balaban J connectivity index is 0.00000261. The first-order valence-corrected chi connectivity index (χ1v) is 7.85. The second-order valence-electron chi connectivity index (χ2n) is 5.53. The fraction of sp³-hybridized carbons (Fsp3) is 0.0526. The smallest absolute Gasteiger partial charge is 0.258 e. The van der Waals surface area contributed by atoms with Crippen LogP contribution in [0.15, 0.2) is 60.7 Å². The number of carbonyl (C=O) groups is 1. The number of amidine groups is 1. The molecule has 0 bridgehead atoms. The molecule has 8 heteroatoms. The zero-order chi connectivity index (χ0) is 18.5. The van der Waals surface area contributed by atoms with Crippen LogP contribution >= 0.6 is 12.4 Å². The predicted molar refractivity (Wildman–Crippen MR) is 106 cm³/mol. The third-order valence-electron chi connectivity index (χ3n) is 3.48. The fourth-order valence-electron chi connectivity index (χ4n) is 2.23. The van der Waals surface area contributed by atoms with E-state index in [1.165, 1.54) is 0 Å². The van der Waals surface area contributed by atoms with Crippen LogP contribution in [0.3, 0.4) is 0 Å². The summed E-state index contributed by atoms with van der Waals surface area (Å²) in [5, 5.41) is 10.1. The van der Waals surface area contributed by atoms with E-state index >= 15 is 0 Å². The highest BCUT2D eigenvalue weighted by Crippen LogP contribution is 2.21. The van der Waals surface area contributed by atoms with Crippen molar-refractivity contribution >= 4 is 30.1 Å². The number of nitrogens with zero attached hydrogens (tertiary/aromatic N) is 2. The van der Waals surface area contributed by atoms with Crippen LogP contribution in [0.4, 0.5) is 5.95 Å². The predicted octanol–water partition coefficient (Wildman–Crippen LogP) is 3.54. The molecule has 0 aliphatic carbocycles. The first kappa shape index (κ1) is 19.9. The Kier molecular flexibility index (Phi) is 6.46. The van der Waals surface area contributed by atoms with E-state index in [1.54, 1.807) is 61.5 Å². The maximum absolute atomic E-state index is 12.2. The van der Waals surface area contributed by atoms with Gasteiger partial charge in [0.2, 0.25) is 11.8 Å². The first-order chi connectivity index (χ1) is 12.5. The van der Waals surface area contributed by atoms with Crippen LogP contribution in [0, 0.1) is 12.3 Å². The van der Waals surface area contributed by atoms with Gasteiger partial charge in [-0.2, -0.15) is 4.98 Å². The molecule has 0 aliphatic heterocycles. The maximum atomic E-state index is 12.2. The summed E-state index contributed by atoms with van der Waals surface area (Å²) in [6, 6.07) is 17.2. The Bertz CT molecular complexity index is 946. The van der Waals surface area contributed by atoms with Gasteiger partial charge in [-0.1, -0.05) is 18.2 Å². The van der Waals surface area contributed by atoms with Gasteiger partial charge in [-0.05, 0) is 43.3 Å². The number of amides is 1. The van der Waals surface area contributed by atoms with Crippen LogP contribution in [0.2, 0.25) is 0 Å². The van der Waals surface area contributed by atoms with Crippen LogP contribution in [-0.4, -0.2) is 21.7 Å². The first-order valence-electron chi connectivity index (χ1n) is 7.85. The highest BCUT2D eigenvalue weighted by atomic mass is 35.5. The van der Waals surface area contributed by atoms with Crippen molar-refractivity contribution < 1.29 is 9.53 Å². The number of aromatic nitrogens is 2. The van der Waals surface area contributed by atoms with E-state index in [-0.39, 0.29) is 30.1 Å². The van der Waals surface area contributed by atoms with E-state index in [9.17, 15) is 4.79 Å². The van der Waals surface area contributed by atoms with E-state index in [0.29, 0.717) is 28.5 Å². The molecule has 0 spiro atoms. The second kappa shape index (κ2) is 8.77. The van der Waals surface area contributed by atoms with Gasteiger partial charge in [-0.3, -0.25) is 15.5 Å². The Hall–Kier alpha value is -3.45. The van der Waals surface area contributed by atoms with Gasteiger partial charge < -0.3 is 10.5 Å². The van der Waals surface area contributed by atoms with Crippen LogP contribution in [-0.2, 0) is 0 Å². The van der Waals surface area contributed by atoms with Gasteiger partial charge >= 0.3 is 0 Å². The Morgan fingerprint density at radius 3 is 2.33 bits per heavy atom. The second-order valence-corrected chi connectivity index (χ2v) is 5.53. The van der Waals surface area contributed by atoms with Crippen molar-refractivity contribution in [2.45, 2.75) is 6.92 Å². The summed E-state index contributed by atoms with van der Waals surface area (Å²) < 4.78 is 5.71. The van der Waals surface area contributed by atoms with Crippen molar-refractivity contribution in [3.63, 3.8) is 0 Å². The molecule has 138 valence electrons. The van der Waals surface area contributed by atoms with Crippen molar-refractivity contribution in [2.24, 2.45) is 5.73 Å². The number of hydrogen-bond acceptors (Lipinski definition) is 5. The number of nitrogens with two attached hydrogens (primary N) is 1. The fourth-order valence-corrected chi connectivity index (χ4v) is 2.23. The lowest BCUT2D eigenvalue weighted by Gasteiger charge is -2.09. The Morgan fingerprint density at radius 1 is 1.04 bits per heavy atom. The normalized spacial score (nSPS) is 9.81. The summed E-state index contributed by atoms with van der Waals surface area (Å²) in [6.45, 7) is 1.78. The summed E-state index contributed by atoms with van der Waals surface area (Å²) in [6.07, 6.45) is 0. The lowest BCUT2D eigenvalue weighted by Crippen LogP contribution is -2.14. The van der Waals surface area contributed by atoms with E-state index in [4.69, 9.17) is 15.9 Å². The molecule has 0 aliphatic rings. The molecule has 2 aromatic carbocycles. The molecule has 4 N–H and O–H groups in total. The molecule has 0 saturated carbocycles. The minimum absolute atomic E-state index is 0. The average molecular weight is 384 g/mol. The number of carbonyl (C=O) groups excluding carboxylic acids is 1. The maximum Gasteiger partial charge on any atom is 0.258 e. The molecule has 0 unspecified atom stereocenters. The molecular formula is C19H18ClN5O2. The highest BCUT2D eigenvalue weighted by Gasteiger charge is 2.10. The summed E-state index contributed by atoms with van der Waals surface area (Å²) in [7, 11) is 0. The van der Waals surface area contributed by atoms with Gasteiger partial charge in [-0.25, -0.2) is 4.98 Å². The van der Waals surface area contributed by atoms with Gasteiger partial charge in [0.25, 0.3) is 5.91 Å². The number of halogens is 1. The largest absolute Gasteiger partial charge is 0.439 e.